The fourth-order valence-corrected chi connectivity index (χ4v) is 2.81. The number of benzene rings is 1. The molecule has 2 aromatic rings. The molecule has 2 rings (SSSR count). The van der Waals surface area contributed by atoms with Crippen LogP contribution in [0.25, 0.3) is 10.8 Å². The predicted molar refractivity (Wildman–Crippen MR) is 81.9 cm³/mol. The van der Waals surface area contributed by atoms with Crippen LogP contribution >= 0.6 is 0 Å². The second-order valence-electron chi connectivity index (χ2n) is 6.63. The highest BCUT2D eigenvalue weighted by molar-refractivity contribution is 5.94. The van der Waals surface area contributed by atoms with Crippen LogP contribution in [0.1, 0.15) is 54.4 Å². The molecule has 0 aliphatic carbocycles. The van der Waals surface area contributed by atoms with Crippen LogP contribution in [0.4, 0.5) is 0 Å². The normalized spacial score (nSPS) is 12.2. The summed E-state index contributed by atoms with van der Waals surface area (Å²) in [7, 11) is 0. The Morgan fingerprint density at radius 2 is 1.11 bits per heavy atom. The lowest BCUT2D eigenvalue weighted by Gasteiger charge is -2.23. The molecule has 2 heteroatoms. The van der Waals surface area contributed by atoms with Gasteiger partial charge in [0.05, 0.1) is 11.4 Å². The minimum atomic E-state index is 0.0118. The zero-order chi connectivity index (χ0) is 14.5. The van der Waals surface area contributed by atoms with Crippen molar-refractivity contribution in [3.63, 3.8) is 0 Å². The fraction of sp³-hybridized carbons (Fsp3) is 0.529. The molecule has 102 valence electrons. The molecule has 0 N–H and O–H groups in total. The fourth-order valence-electron chi connectivity index (χ4n) is 2.81. The van der Waals surface area contributed by atoms with E-state index in [0.717, 1.165) is 11.4 Å². The van der Waals surface area contributed by atoms with Crippen LogP contribution in [0.5, 0.6) is 0 Å². The predicted octanol–water partition coefficient (Wildman–Crippen LogP) is 4.47. The van der Waals surface area contributed by atoms with E-state index in [-0.39, 0.29) is 5.41 Å². The molecule has 0 spiro atoms. The first-order valence-corrected chi connectivity index (χ1v) is 6.90. The molecule has 0 saturated heterocycles. The average Bonchev–Trinajstić information content (AvgIpc) is 2.31. The number of hydrogen-bond acceptors (Lipinski definition) is 2. The van der Waals surface area contributed by atoms with Crippen LogP contribution < -0.4 is 0 Å². The number of aromatic nitrogens is 2. The SMILES string of the molecule is Cc1c(C)c(C)c2c(C(C)(C)C)nnc(C)c2c1C. The van der Waals surface area contributed by atoms with Gasteiger partial charge in [0.25, 0.3) is 0 Å². The van der Waals surface area contributed by atoms with Gasteiger partial charge < -0.3 is 0 Å². The highest BCUT2D eigenvalue weighted by Gasteiger charge is 2.23. The molecule has 0 atom stereocenters. The van der Waals surface area contributed by atoms with Crippen molar-refractivity contribution in [1.29, 1.82) is 0 Å². The molecular weight excluding hydrogens is 232 g/mol. The average molecular weight is 256 g/mol. The summed E-state index contributed by atoms with van der Waals surface area (Å²) in [6.07, 6.45) is 0. The first-order chi connectivity index (χ1) is 8.66. The second-order valence-corrected chi connectivity index (χ2v) is 6.63. The van der Waals surface area contributed by atoms with Crippen LogP contribution in [0, 0.1) is 34.6 Å². The molecular formula is C17H24N2. The molecule has 0 unspecified atom stereocenters. The van der Waals surface area contributed by atoms with Gasteiger partial charge in [-0.2, -0.15) is 10.2 Å². The third-order valence-corrected chi connectivity index (χ3v) is 4.30. The van der Waals surface area contributed by atoms with E-state index in [4.69, 9.17) is 0 Å². The molecule has 19 heavy (non-hydrogen) atoms. The van der Waals surface area contributed by atoms with Crippen molar-refractivity contribution >= 4 is 10.8 Å². The lowest BCUT2D eigenvalue weighted by molar-refractivity contribution is 0.564. The van der Waals surface area contributed by atoms with E-state index in [1.807, 2.05) is 0 Å². The minimum absolute atomic E-state index is 0.0118. The summed E-state index contributed by atoms with van der Waals surface area (Å²) in [6, 6.07) is 0. The Bertz CT molecular complexity index is 661. The van der Waals surface area contributed by atoms with Gasteiger partial charge in [0, 0.05) is 16.2 Å². The number of fused-ring (bicyclic) bond motifs is 1. The molecule has 0 bridgehead atoms. The van der Waals surface area contributed by atoms with Crippen molar-refractivity contribution in [3.05, 3.63) is 33.6 Å². The summed E-state index contributed by atoms with van der Waals surface area (Å²) < 4.78 is 0. The number of hydrogen-bond donors (Lipinski definition) is 0. The Balaban J connectivity index is 3.11. The van der Waals surface area contributed by atoms with Crippen molar-refractivity contribution < 1.29 is 0 Å². The summed E-state index contributed by atoms with van der Waals surface area (Å²) in [5.41, 5.74) is 7.60. The van der Waals surface area contributed by atoms with Crippen molar-refractivity contribution in [1.82, 2.24) is 10.2 Å². The molecule has 0 aliphatic heterocycles. The van der Waals surface area contributed by atoms with Gasteiger partial charge in [-0.3, -0.25) is 0 Å². The van der Waals surface area contributed by atoms with Crippen LogP contribution in [0.15, 0.2) is 0 Å². The maximum absolute atomic E-state index is 4.50. The number of rotatable bonds is 0. The van der Waals surface area contributed by atoms with Gasteiger partial charge in [-0.25, -0.2) is 0 Å². The Hall–Kier alpha value is -1.44. The third-order valence-electron chi connectivity index (χ3n) is 4.30. The van der Waals surface area contributed by atoms with Crippen LogP contribution in [0.3, 0.4) is 0 Å². The van der Waals surface area contributed by atoms with Crippen LogP contribution in [-0.2, 0) is 5.41 Å². The highest BCUT2D eigenvalue weighted by Crippen LogP contribution is 2.36. The number of nitrogens with zero attached hydrogens (tertiary/aromatic N) is 2. The van der Waals surface area contributed by atoms with E-state index in [2.05, 4.69) is 65.6 Å². The van der Waals surface area contributed by atoms with Crippen molar-refractivity contribution in [2.24, 2.45) is 0 Å². The molecule has 0 fully saturated rings. The largest absolute Gasteiger partial charge is 0.155 e. The quantitative estimate of drug-likeness (QED) is 0.695. The molecule has 0 aliphatic rings. The van der Waals surface area contributed by atoms with Gasteiger partial charge in [-0.05, 0) is 56.9 Å². The molecule has 0 saturated carbocycles. The Labute approximate surface area is 116 Å². The van der Waals surface area contributed by atoms with E-state index >= 15 is 0 Å². The minimum Gasteiger partial charge on any atom is -0.155 e. The zero-order valence-electron chi connectivity index (χ0n) is 13.4. The lowest BCUT2D eigenvalue weighted by Crippen LogP contribution is -2.17. The summed E-state index contributed by atoms with van der Waals surface area (Å²) in [4.78, 5) is 0. The molecule has 1 heterocycles. The molecule has 0 radical (unpaired) electrons. The lowest BCUT2D eigenvalue weighted by atomic mass is 9.83. The molecule has 1 aromatic heterocycles. The topological polar surface area (TPSA) is 25.8 Å². The second kappa shape index (κ2) is 4.29. The van der Waals surface area contributed by atoms with Gasteiger partial charge in [-0.1, -0.05) is 20.8 Å². The summed E-state index contributed by atoms with van der Waals surface area (Å²) in [5, 5.41) is 11.5. The number of aryl methyl sites for hydroxylation is 3. The van der Waals surface area contributed by atoms with Crippen molar-refractivity contribution in [2.45, 2.75) is 60.8 Å². The van der Waals surface area contributed by atoms with Crippen molar-refractivity contribution in [2.75, 3.05) is 0 Å². The first-order valence-electron chi connectivity index (χ1n) is 6.90. The summed E-state index contributed by atoms with van der Waals surface area (Å²) in [5.74, 6) is 0. The Morgan fingerprint density at radius 3 is 1.58 bits per heavy atom. The summed E-state index contributed by atoms with van der Waals surface area (Å²) in [6.45, 7) is 17.5. The third kappa shape index (κ3) is 2.03. The van der Waals surface area contributed by atoms with Gasteiger partial charge >= 0.3 is 0 Å². The summed E-state index contributed by atoms with van der Waals surface area (Å²) >= 11 is 0. The van der Waals surface area contributed by atoms with E-state index in [9.17, 15) is 0 Å². The molecule has 0 amide bonds. The van der Waals surface area contributed by atoms with Gasteiger partial charge in [-0.15, -0.1) is 0 Å². The van der Waals surface area contributed by atoms with Crippen molar-refractivity contribution in [3.8, 4) is 0 Å². The van der Waals surface area contributed by atoms with E-state index < -0.39 is 0 Å². The van der Waals surface area contributed by atoms with Crippen LogP contribution in [0.2, 0.25) is 0 Å². The molecule has 2 nitrogen and oxygen atoms in total. The van der Waals surface area contributed by atoms with Gasteiger partial charge in [0.1, 0.15) is 0 Å². The monoisotopic (exact) mass is 256 g/mol. The highest BCUT2D eigenvalue weighted by atomic mass is 15.1. The van der Waals surface area contributed by atoms with E-state index in [1.54, 1.807) is 0 Å². The Morgan fingerprint density at radius 1 is 0.632 bits per heavy atom. The smallest absolute Gasteiger partial charge is 0.0765 e. The van der Waals surface area contributed by atoms with E-state index in [0.29, 0.717) is 0 Å². The maximum Gasteiger partial charge on any atom is 0.0765 e. The zero-order valence-corrected chi connectivity index (χ0v) is 13.4. The van der Waals surface area contributed by atoms with Gasteiger partial charge in [0.2, 0.25) is 0 Å². The first kappa shape index (κ1) is 14.0. The maximum atomic E-state index is 4.50. The Kier molecular flexibility index (Phi) is 3.16. The van der Waals surface area contributed by atoms with Gasteiger partial charge in [0.15, 0.2) is 0 Å². The van der Waals surface area contributed by atoms with E-state index in [1.165, 1.54) is 33.0 Å². The standard InChI is InChI=1S/C17H24N2/c1-9-10(2)12(4)15-14(11(9)3)13(5)18-19-16(15)17(6,7)8/h1-8H3. The van der Waals surface area contributed by atoms with Crippen LogP contribution in [-0.4, -0.2) is 10.2 Å². The molecule has 1 aromatic carbocycles.